The van der Waals surface area contributed by atoms with Crippen molar-refractivity contribution in [3.05, 3.63) is 0 Å². The van der Waals surface area contributed by atoms with Crippen LogP contribution in [0.1, 0.15) is 53.4 Å². The second-order valence-corrected chi connectivity index (χ2v) is 8.50. The van der Waals surface area contributed by atoms with Crippen LogP contribution in [-0.4, -0.2) is 65.2 Å². The van der Waals surface area contributed by atoms with Crippen molar-refractivity contribution in [3.8, 4) is 0 Å². The summed E-state index contributed by atoms with van der Waals surface area (Å²) in [6.07, 6.45) is 3.83. The van der Waals surface area contributed by atoms with Crippen molar-refractivity contribution in [2.24, 2.45) is 5.92 Å². The Morgan fingerprint density at radius 1 is 1.33 bits per heavy atom. The second-order valence-electron chi connectivity index (χ2n) is 8.50. The van der Waals surface area contributed by atoms with Crippen LogP contribution in [0.5, 0.6) is 0 Å². The number of fused-ring (bicyclic) bond motifs is 1. The average molecular weight is 337 g/mol. The van der Waals surface area contributed by atoms with Gasteiger partial charge in [-0.2, -0.15) is 0 Å². The summed E-state index contributed by atoms with van der Waals surface area (Å²) in [6, 6.07) is 0.211. The first kappa shape index (κ1) is 17.7. The first-order valence-corrected chi connectivity index (χ1v) is 9.16. The van der Waals surface area contributed by atoms with E-state index in [0.717, 1.165) is 32.2 Å². The van der Waals surface area contributed by atoms with Crippen molar-refractivity contribution in [1.82, 2.24) is 15.1 Å². The predicted octanol–water partition coefficient (Wildman–Crippen LogP) is 1.98. The number of nitrogens with zero attached hydrogens (tertiary/aromatic N) is 2. The molecule has 0 aromatic rings. The molecule has 2 saturated heterocycles. The molecule has 3 aliphatic rings. The number of rotatable bonds is 4. The number of piperidine rings is 1. The van der Waals surface area contributed by atoms with Gasteiger partial charge in [0.25, 0.3) is 5.91 Å². The topological polar surface area (TPSA) is 61.9 Å². The van der Waals surface area contributed by atoms with Crippen LogP contribution in [0.25, 0.3) is 0 Å². The molecule has 3 unspecified atom stereocenters. The number of carbonyl (C=O) groups is 2. The van der Waals surface area contributed by atoms with E-state index >= 15 is 0 Å². The van der Waals surface area contributed by atoms with Crippen LogP contribution in [0.15, 0.2) is 0 Å². The Hall–Kier alpha value is -1.14. The standard InChI is InChI=1S/C18H31N3O3/c1-12(2)21-16(23)20(11-17(3,4)24-5)15(22)18(21)9-13-7-6-8-19-14(13)10-18/h12-14,19H,6-11H2,1-5H3. The van der Waals surface area contributed by atoms with Gasteiger partial charge in [0.15, 0.2) is 0 Å². The van der Waals surface area contributed by atoms with Crippen molar-refractivity contribution in [3.63, 3.8) is 0 Å². The van der Waals surface area contributed by atoms with Crippen molar-refractivity contribution in [2.75, 3.05) is 20.2 Å². The minimum atomic E-state index is -0.665. The molecule has 24 heavy (non-hydrogen) atoms. The van der Waals surface area contributed by atoms with Gasteiger partial charge in [0.05, 0.1) is 12.1 Å². The second kappa shape index (κ2) is 5.99. The molecule has 1 saturated carbocycles. The Bertz CT molecular complexity index is 518. The summed E-state index contributed by atoms with van der Waals surface area (Å²) in [5.74, 6) is 0.467. The van der Waals surface area contributed by atoms with E-state index in [9.17, 15) is 9.59 Å². The minimum absolute atomic E-state index is 0.0114. The monoisotopic (exact) mass is 337 g/mol. The van der Waals surface area contributed by atoms with Crippen LogP contribution in [0, 0.1) is 5.92 Å². The predicted molar refractivity (Wildman–Crippen MR) is 91.7 cm³/mol. The summed E-state index contributed by atoms with van der Waals surface area (Å²) >= 11 is 0. The molecule has 2 aliphatic heterocycles. The average Bonchev–Trinajstić information content (AvgIpc) is 2.99. The number of amides is 3. The maximum absolute atomic E-state index is 13.4. The molecule has 3 atom stereocenters. The van der Waals surface area contributed by atoms with Crippen LogP contribution in [0.4, 0.5) is 4.79 Å². The van der Waals surface area contributed by atoms with E-state index in [2.05, 4.69) is 5.32 Å². The quantitative estimate of drug-likeness (QED) is 0.797. The highest BCUT2D eigenvalue weighted by molar-refractivity contribution is 6.07. The molecule has 3 amide bonds. The Labute approximate surface area is 144 Å². The molecule has 0 aromatic carbocycles. The largest absolute Gasteiger partial charge is 0.377 e. The summed E-state index contributed by atoms with van der Waals surface area (Å²) < 4.78 is 5.46. The maximum atomic E-state index is 13.4. The first-order valence-electron chi connectivity index (χ1n) is 9.16. The summed E-state index contributed by atoms with van der Waals surface area (Å²) in [4.78, 5) is 29.7. The van der Waals surface area contributed by atoms with Gasteiger partial charge in [0, 0.05) is 19.2 Å². The Morgan fingerprint density at radius 3 is 2.62 bits per heavy atom. The fourth-order valence-electron chi connectivity index (χ4n) is 4.81. The van der Waals surface area contributed by atoms with Crippen LogP contribution in [0.3, 0.4) is 0 Å². The molecule has 1 N–H and O–H groups in total. The molecule has 136 valence electrons. The molecule has 1 aliphatic carbocycles. The molecular formula is C18H31N3O3. The highest BCUT2D eigenvalue weighted by Crippen LogP contribution is 2.48. The zero-order valence-electron chi connectivity index (χ0n) is 15.6. The molecule has 0 radical (unpaired) electrons. The number of methoxy groups -OCH3 is 1. The molecule has 2 heterocycles. The lowest BCUT2D eigenvalue weighted by molar-refractivity contribution is -0.136. The lowest BCUT2D eigenvalue weighted by atomic mass is 9.91. The summed E-state index contributed by atoms with van der Waals surface area (Å²) in [5.41, 5.74) is -1.20. The highest BCUT2D eigenvalue weighted by Gasteiger charge is 2.63. The van der Waals surface area contributed by atoms with Gasteiger partial charge in [0.1, 0.15) is 5.54 Å². The van der Waals surface area contributed by atoms with Crippen LogP contribution in [0.2, 0.25) is 0 Å². The number of hydrogen-bond acceptors (Lipinski definition) is 4. The Balaban J connectivity index is 1.93. The lowest BCUT2D eigenvalue weighted by Gasteiger charge is -2.34. The van der Waals surface area contributed by atoms with E-state index in [1.807, 2.05) is 32.6 Å². The number of nitrogens with one attached hydrogen (secondary N) is 1. The lowest BCUT2D eigenvalue weighted by Crippen LogP contribution is -2.51. The molecule has 0 aromatic heterocycles. The summed E-state index contributed by atoms with van der Waals surface area (Å²) in [7, 11) is 1.62. The molecule has 1 spiro atoms. The van der Waals surface area contributed by atoms with E-state index in [0.29, 0.717) is 18.5 Å². The smallest absolute Gasteiger partial charge is 0.328 e. The minimum Gasteiger partial charge on any atom is -0.377 e. The van der Waals surface area contributed by atoms with E-state index in [-0.39, 0.29) is 18.0 Å². The van der Waals surface area contributed by atoms with Gasteiger partial charge in [0.2, 0.25) is 0 Å². The van der Waals surface area contributed by atoms with Gasteiger partial charge in [-0.15, -0.1) is 0 Å². The van der Waals surface area contributed by atoms with Gasteiger partial charge in [-0.05, 0) is 65.8 Å². The van der Waals surface area contributed by atoms with E-state index in [1.54, 1.807) is 7.11 Å². The number of carbonyl (C=O) groups excluding carboxylic acids is 2. The molecule has 6 nitrogen and oxygen atoms in total. The third-order valence-electron chi connectivity index (χ3n) is 6.03. The number of hydrogen-bond donors (Lipinski definition) is 1. The third-order valence-corrected chi connectivity index (χ3v) is 6.03. The first-order chi connectivity index (χ1) is 11.2. The fraction of sp³-hybridized carbons (Fsp3) is 0.889. The van der Waals surface area contributed by atoms with Gasteiger partial charge < -0.3 is 15.0 Å². The Kier molecular flexibility index (Phi) is 4.41. The molecule has 3 fully saturated rings. The molecular weight excluding hydrogens is 306 g/mol. The van der Waals surface area contributed by atoms with Crippen LogP contribution >= 0.6 is 0 Å². The van der Waals surface area contributed by atoms with E-state index in [4.69, 9.17) is 4.74 Å². The van der Waals surface area contributed by atoms with Crippen molar-refractivity contribution < 1.29 is 14.3 Å². The zero-order chi connectivity index (χ0) is 17.7. The molecule has 3 rings (SSSR count). The number of urea groups is 1. The van der Waals surface area contributed by atoms with Crippen LogP contribution in [-0.2, 0) is 9.53 Å². The third kappa shape index (κ3) is 2.64. The van der Waals surface area contributed by atoms with E-state index < -0.39 is 11.1 Å². The van der Waals surface area contributed by atoms with Crippen LogP contribution < -0.4 is 5.32 Å². The van der Waals surface area contributed by atoms with Crippen molar-refractivity contribution >= 4 is 11.9 Å². The normalized spacial score (nSPS) is 33.9. The Morgan fingerprint density at radius 2 is 2.04 bits per heavy atom. The summed E-state index contributed by atoms with van der Waals surface area (Å²) in [6.45, 7) is 9.15. The zero-order valence-corrected chi connectivity index (χ0v) is 15.6. The van der Waals surface area contributed by atoms with Gasteiger partial charge >= 0.3 is 6.03 Å². The van der Waals surface area contributed by atoms with Gasteiger partial charge in [-0.1, -0.05) is 0 Å². The highest BCUT2D eigenvalue weighted by atomic mass is 16.5. The number of imide groups is 1. The van der Waals surface area contributed by atoms with Gasteiger partial charge in [-0.3, -0.25) is 9.69 Å². The molecule has 6 heteroatoms. The van der Waals surface area contributed by atoms with E-state index in [1.165, 1.54) is 4.90 Å². The number of ether oxygens (including phenoxy) is 1. The van der Waals surface area contributed by atoms with Gasteiger partial charge in [-0.25, -0.2) is 4.79 Å². The summed E-state index contributed by atoms with van der Waals surface area (Å²) in [5, 5.41) is 3.57. The fourth-order valence-corrected chi connectivity index (χ4v) is 4.81. The van der Waals surface area contributed by atoms with Crippen molar-refractivity contribution in [2.45, 2.75) is 76.6 Å². The SMILES string of the molecule is COC(C)(C)CN1C(=O)N(C(C)C)C2(CC3CCCNC3C2)C1=O. The maximum Gasteiger partial charge on any atom is 0.328 e. The molecule has 0 bridgehead atoms. The van der Waals surface area contributed by atoms with Crippen molar-refractivity contribution in [1.29, 1.82) is 0 Å².